The van der Waals surface area contributed by atoms with Crippen molar-refractivity contribution in [3.63, 3.8) is 0 Å². The molecule has 12 heteroatoms. The number of thiazole rings is 1. The van der Waals surface area contributed by atoms with Gasteiger partial charge in [-0.3, -0.25) is 14.8 Å². The largest absolute Gasteiger partial charge is 0.507 e. The number of halogens is 3. The number of aromatic nitrogens is 1. The minimum Gasteiger partial charge on any atom is -0.507 e. The Morgan fingerprint density at radius 3 is 2.54 bits per heavy atom. The smallest absolute Gasteiger partial charge is 0.416 e. The maximum Gasteiger partial charge on any atom is 0.416 e. The van der Waals surface area contributed by atoms with Crippen molar-refractivity contribution >= 4 is 37.4 Å². The van der Waals surface area contributed by atoms with Crippen molar-refractivity contribution in [3.05, 3.63) is 35.5 Å². The van der Waals surface area contributed by atoms with Gasteiger partial charge in [-0.25, -0.2) is 13.4 Å². The van der Waals surface area contributed by atoms with E-state index in [1.165, 1.54) is 0 Å². The number of rotatable bonds is 4. The fourth-order valence-electron chi connectivity index (χ4n) is 1.63. The SMILES string of the molecule is CS(=O)(=O)Nc1cnc(NC(=O)c2ccc(C(F)(F)F)cc2O)s1. The Bertz CT molecular complexity index is 878. The molecule has 2 rings (SSSR count). The van der Waals surface area contributed by atoms with E-state index in [-0.39, 0.29) is 15.7 Å². The van der Waals surface area contributed by atoms with Gasteiger partial charge in [0.2, 0.25) is 10.0 Å². The zero-order chi connectivity index (χ0) is 18.1. The number of amides is 1. The van der Waals surface area contributed by atoms with Gasteiger partial charge in [-0.15, -0.1) is 0 Å². The first kappa shape index (κ1) is 18.0. The first-order chi connectivity index (χ1) is 11.0. The van der Waals surface area contributed by atoms with Crippen LogP contribution in [0.5, 0.6) is 5.75 Å². The summed E-state index contributed by atoms with van der Waals surface area (Å²) in [4.78, 5) is 15.7. The van der Waals surface area contributed by atoms with Crippen LogP contribution in [0.4, 0.5) is 23.3 Å². The maximum absolute atomic E-state index is 12.5. The number of nitrogens with one attached hydrogen (secondary N) is 2. The van der Waals surface area contributed by atoms with Crippen LogP contribution in [0.3, 0.4) is 0 Å². The molecule has 1 aromatic heterocycles. The number of aromatic hydroxyl groups is 1. The van der Waals surface area contributed by atoms with E-state index in [9.17, 15) is 31.5 Å². The number of hydrogen-bond acceptors (Lipinski definition) is 6. The molecule has 0 saturated carbocycles. The molecule has 0 fully saturated rings. The molecular formula is C12H10F3N3O4S2. The summed E-state index contributed by atoms with van der Waals surface area (Å²) < 4.78 is 61.8. The number of hydrogen-bond donors (Lipinski definition) is 3. The van der Waals surface area contributed by atoms with Crippen molar-refractivity contribution in [2.75, 3.05) is 16.3 Å². The lowest BCUT2D eigenvalue weighted by Gasteiger charge is -2.09. The standard InChI is InChI=1S/C12H10F3N3O4S2/c1-24(21,22)18-9-5-16-11(23-9)17-10(20)7-3-2-6(4-8(7)19)12(13,14)15/h2-5,18-19H,1H3,(H,16,17,20). The highest BCUT2D eigenvalue weighted by atomic mass is 32.2. The van der Waals surface area contributed by atoms with Gasteiger partial charge >= 0.3 is 6.18 Å². The fraction of sp³-hybridized carbons (Fsp3) is 0.167. The molecule has 0 aliphatic heterocycles. The Morgan fingerprint density at radius 2 is 2.00 bits per heavy atom. The minimum absolute atomic E-state index is 0.00504. The Kier molecular flexibility index (Phi) is 4.71. The number of sulfonamides is 1. The maximum atomic E-state index is 12.5. The predicted octanol–water partition coefficient (Wildman–Crippen LogP) is 2.49. The quantitative estimate of drug-likeness (QED) is 0.754. The van der Waals surface area contributed by atoms with Gasteiger partial charge in [0, 0.05) is 0 Å². The predicted molar refractivity (Wildman–Crippen MR) is 81.6 cm³/mol. The second-order valence-corrected chi connectivity index (χ2v) is 7.37. The third kappa shape index (κ3) is 4.58. The lowest BCUT2D eigenvalue weighted by Crippen LogP contribution is -2.13. The highest BCUT2D eigenvalue weighted by molar-refractivity contribution is 7.92. The van der Waals surface area contributed by atoms with E-state index in [0.717, 1.165) is 29.9 Å². The number of anilines is 2. The van der Waals surface area contributed by atoms with Gasteiger partial charge in [0.1, 0.15) is 10.8 Å². The average Bonchev–Trinajstić information content (AvgIpc) is 2.82. The van der Waals surface area contributed by atoms with Crippen molar-refractivity contribution in [3.8, 4) is 5.75 Å². The summed E-state index contributed by atoms with van der Waals surface area (Å²) in [7, 11) is -3.51. The molecule has 1 amide bonds. The van der Waals surface area contributed by atoms with Crippen molar-refractivity contribution in [1.82, 2.24) is 4.98 Å². The molecule has 0 saturated heterocycles. The van der Waals surface area contributed by atoms with Crippen molar-refractivity contribution < 1.29 is 31.5 Å². The Labute approximate surface area is 138 Å². The Balaban J connectivity index is 2.16. The van der Waals surface area contributed by atoms with E-state index in [1.807, 2.05) is 0 Å². The number of alkyl halides is 3. The summed E-state index contributed by atoms with van der Waals surface area (Å²) in [6.45, 7) is 0. The van der Waals surface area contributed by atoms with Crippen LogP contribution in [0.15, 0.2) is 24.4 Å². The molecule has 130 valence electrons. The molecule has 7 nitrogen and oxygen atoms in total. The number of carbonyl (C=O) groups excluding carboxylic acids is 1. The summed E-state index contributed by atoms with van der Waals surface area (Å²) >= 11 is 0.801. The van der Waals surface area contributed by atoms with E-state index in [1.54, 1.807) is 0 Å². The average molecular weight is 381 g/mol. The molecule has 0 aliphatic carbocycles. The molecule has 2 aromatic rings. The third-order valence-corrected chi connectivity index (χ3v) is 4.13. The van der Waals surface area contributed by atoms with Crippen LogP contribution in [0.2, 0.25) is 0 Å². The zero-order valence-electron chi connectivity index (χ0n) is 11.9. The highest BCUT2D eigenvalue weighted by Crippen LogP contribution is 2.33. The molecule has 1 aromatic carbocycles. The third-order valence-electron chi connectivity index (χ3n) is 2.58. The van der Waals surface area contributed by atoms with Crippen LogP contribution < -0.4 is 10.0 Å². The van der Waals surface area contributed by atoms with Gasteiger partial charge in [-0.1, -0.05) is 11.3 Å². The van der Waals surface area contributed by atoms with Crippen molar-refractivity contribution in [2.24, 2.45) is 0 Å². The van der Waals surface area contributed by atoms with Crippen LogP contribution in [-0.2, 0) is 16.2 Å². The normalized spacial score (nSPS) is 12.0. The second kappa shape index (κ2) is 6.28. The van der Waals surface area contributed by atoms with Crippen LogP contribution in [0.1, 0.15) is 15.9 Å². The first-order valence-corrected chi connectivity index (χ1v) is 8.82. The van der Waals surface area contributed by atoms with Crippen LogP contribution in [0, 0.1) is 0 Å². The molecule has 0 atom stereocenters. The zero-order valence-corrected chi connectivity index (χ0v) is 13.5. The number of nitrogens with zero attached hydrogens (tertiary/aromatic N) is 1. The number of carbonyl (C=O) groups is 1. The summed E-state index contributed by atoms with van der Waals surface area (Å²) in [6.07, 6.45) is -2.55. The van der Waals surface area contributed by atoms with E-state index in [0.29, 0.717) is 12.1 Å². The summed E-state index contributed by atoms with van der Waals surface area (Å²) in [5.41, 5.74) is -1.47. The van der Waals surface area contributed by atoms with Gasteiger partial charge in [-0.05, 0) is 18.2 Å². The molecule has 1 heterocycles. The van der Waals surface area contributed by atoms with Gasteiger partial charge < -0.3 is 5.11 Å². The molecule has 0 spiro atoms. The van der Waals surface area contributed by atoms with Crippen LogP contribution in [0.25, 0.3) is 0 Å². The number of phenolic OH excluding ortho intramolecular Hbond substituents is 1. The summed E-state index contributed by atoms with van der Waals surface area (Å²) in [5.74, 6) is -1.73. The lowest BCUT2D eigenvalue weighted by molar-refractivity contribution is -0.137. The van der Waals surface area contributed by atoms with Gasteiger partial charge in [-0.2, -0.15) is 13.2 Å². The molecule has 0 bridgehead atoms. The second-order valence-electron chi connectivity index (χ2n) is 4.59. The number of benzene rings is 1. The minimum atomic E-state index is -4.64. The Hall–Kier alpha value is -2.34. The van der Waals surface area contributed by atoms with Gasteiger partial charge in [0.15, 0.2) is 5.13 Å². The van der Waals surface area contributed by atoms with Crippen LogP contribution >= 0.6 is 11.3 Å². The molecule has 0 radical (unpaired) electrons. The van der Waals surface area contributed by atoms with E-state index in [2.05, 4.69) is 15.0 Å². The molecule has 3 N–H and O–H groups in total. The van der Waals surface area contributed by atoms with E-state index >= 15 is 0 Å². The van der Waals surface area contributed by atoms with Gasteiger partial charge in [0.05, 0.1) is 23.6 Å². The fourth-order valence-corrected chi connectivity index (χ4v) is 3.23. The highest BCUT2D eigenvalue weighted by Gasteiger charge is 2.31. The van der Waals surface area contributed by atoms with E-state index < -0.39 is 33.4 Å². The molecule has 24 heavy (non-hydrogen) atoms. The van der Waals surface area contributed by atoms with Crippen molar-refractivity contribution in [2.45, 2.75) is 6.18 Å². The van der Waals surface area contributed by atoms with Crippen molar-refractivity contribution in [1.29, 1.82) is 0 Å². The monoisotopic (exact) mass is 381 g/mol. The molecule has 0 unspecified atom stereocenters. The Morgan fingerprint density at radius 1 is 1.33 bits per heavy atom. The van der Waals surface area contributed by atoms with Crippen LogP contribution in [-0.4, -0.2) is 30.7 Å². The number of phenols is 1. The first-order valence-electron chi connectivity index (χ1n) is 6.11. The molecule has 0 aliphatic rings. The van der Waals surface area contributed by atoms with Gasteiger partial charge in [0.25, 0.3) is 5.91 Å². The van der Waals surface area contributed by atoms with E-state index in [4.69, 9.17) is 0 Å². The lowest BCUT2D eigenvalue weighted by atomic mass is 10.1. The summed E-state index contributed by atoms with van der Waals surface area (Å²) in [5, 5.41) is 12.0. The topological polar surface area (TPSA) is 108 Å². The summed E-state index contributed by atoms with van der Waals surface area (Å²) in [6, 6.07) is 1.93. The molecular weight excluding hydrogens is 371 g/mol.